The highest BCUT2D eigenvalue weighted by molar-refractivity contribution is 5.87. The van der Waals surface area contributed by atoms with Crippen LogP contribution in [0.4, 0.5) is 0 Å². The standard InChI is InChI=1S/C27H26N2O/c1-20-9-6-14-23(17-20)27(24-15-7-10-21(2)18-24)19-25(27)26(30)29-28-16-8-13-22-11-4-3-5-12-22/h3-18,25H,19H2,1-2H3,(H,29,30)/b13-8+,28-16+. The van der Waals surface area contributed by atoms with Crippen LogP contribution in [0.1, 0.15) is 34.2 Å². The Hall–Kier alpha value is -3.46. The molecular formula is C27H26N2O. The Morgan fingerprint density at radius 2 is 1.57 bits per heavy atom. The van der Waals surface area contributed by atoms with E-state index >= 15 is 0 Å². The highest BCUT2D eigenvalue weighted by atomic mass is 16.2. The van der Waals surface area contributed by atoms with E-state index < -0.39 is 0 Å². The predicted molar refractivity (Wildman–Crippen MR) is 123 cm³/mol. The molecule has 1 fully saturated rings. The zero-order valence-corrected chi connectivity index (χ0v) is 17.4. The molecule has 30 heavy (non-hydrogen) atoms. The molecule has 0 heterocycles. The van der Waals surface area contributed by atoms with Crippen LogP contribution in [-0.4, -0.2) is 12.1 Å². The van der Waals surface area contributed by atoms with E-state index in [1.54, 1.807) is 6.21 Å². The zero-order valence-electron chi connectivity index (χ0n) is 17.4. The molecule has 1 atom stereocenters. The number of hydrogen-bond donors (Lipinski definition) is 1. The van der Waals surface area contributed by atoms with Crippen LogP contribution in [0.15, 0.2) is 90.0 Å². The van der Waals surface area contributed by atoms with Crippen LogP contribution in [0.5, 0.6) is 0 Å². The van der Waals surface area contributed by atoms with Crippen molar-refractivity contribution in [3.63, 3.8) is 0 Å². The van der Waals surface area contributed by atoms with E-state index in [1.807, 2.05) is 42.5 Å². The molecule has 0 aliphatic heterocycles. The van der Waals surface area contributed by atoms with Gasteiger partial charge in [0.2, 0.25) is 5.91 Å². The molecule has 3 aromatic carbocycles. The van der Waals surface area contributed by atoms with Gasteiger partial charge in [-0.05, 0) is 43.0 Å². The maximum absolute atomic E-state index is 12.9. The third-order valence-corrected chi connectivity index (χ3v) is 5.77. The lowest BCUT2D eigenvalue weighted by atomic mass is 9.84. The molecule has 4 rings (SSSR count). The summed E-state index contributed by atoms with van der Waals surface area (Å²) in [4.78, 5) is 12.9. The van der Waals surface area contributed by atoms with E-state index in [0.717, 1.165) is 12.0 Å². The fourth-order valence-corrected chi connectivity index (χ4v) is 4.17. The number of carbonyl (C=O) groups is 1. The molecule has 0 radical (unpaired) electrons. The van der Waals surface area contributed by atoms with Gasteiger partial charge in [0.1, 0.15) is 0 Å². The van der Waals surface area contributed by atoms with Gasteiger partial charge in [0, 0.05) is 11.6 Å². The third-order valence-electron chi connectivity index (χ3n) is 5.77. The van der Waals surface area contributed by atoms with Crippen molar-refractivity contribution in [1.82, 2.24) is 5.43 Å². The van der Waals surface area contributed by atoms with Gasteiger partial charge in [-0.15, -0.1) is 0 Å². The Kier molecular flexibility index (Phi) is 5.62. The van der Waals surface area contributed by atoms with Crippen LogP contribution in [0, 0.1) is 19.8 Å². The quantitative estimate of drug-likeness (QED) is 0.440. The van der Waals surface area contributed by atoms with Crippen molar-refractivity contribution < 1.29 is 4.79 Å². The lowest BCUT2D eigenvalue weighted by Crippen LogP contribution is -2.25. The van der Waals surface area contributed by atoms with E-state index in [-0.39, 0.29) is 17.2 Å². The monoisotopic (exact) mass is 394 g/mol. The Balaban J connectivity index is 1.51. The maximum atomic E-state index is 12.9. The van der Waals surface area contributed by atoms with Gasteiger partial charge < -0.3 is 0 Å². The van der Waals surface area contributed by atoms with Gasteiger partial charge in [-0.3, -0.25) is 4.79 Å². The SMILES string of the molecule is Cc1cccc(C2(c3cccc(C)c3)CC2C(=O)N/N=C/C=C/c2ccccc2)c1. The van der Waals surface area contributed by atoms with Crippen molar-refractivity contribution in [2.24, 2.45) is 11.0 Å². The number of allylic oxidation sites excluding steroid dienone is 1. The Bertz CT molecular complexity index is 1050. The van der Waals surface area contributed by atoms with Crippen molar-refractivity contribution in [3.05, 3.63) is 113 Å². The molecule has 0 spiro atoms. The fourth-order valence-electron chi connectivity index (χ4n) is 4.17. The Morgan fingerprint density at radius 1 is 0.933 bits per heavy atom. The van der Waals surface area contributed by atoms with Crippen LogP contribution in [0.25, 0.3) is 6.08 Å². The number of hydrogen-bond acceptors (Lipinski definition) is 2. The van der Waals surface area contributed by atoms with Gasteiger partial charge in [0.05, 0.1) is 5.92 Å². The van der Waals surface area contributed by atoms with Gasteiger partial charge in [-0.1, -0.05) is 96.1 Å². The highest BCUT2D eigenvalue weighted by Crippen LogP contribution is 2.59. The van der Waals surface area contributed by atoms with Crippen molar-refractivity contribution in [2.45, 2.75) is 25.7 Å². The summed E-state index contributed by atoms with van der Waals surface area (Å²) < 4.78 is 0. The molecule has 1 amide bonds. The first-order valence-electron chi connectivity index (χ1n) is 10.3. The highest BCUT2D eigenvalue weighted by Gasteiger charge is 2.60. The fraction of sp³-hybridized carbons (Fsp3) is 0.185. The van der Waals surface area contributed by atoms with Crippen LogP contribution >= 0.6 is 0 Å². The summed E-state index contributed by atoms with van der Waals surface area (Å²) in [5.74, 6) is -0.168. The number of benzene rings is 3. The summed E-state index contributed by atoms with van der Waals surface area (Å²) in [6.45, 7) is 4.18. The van der Waals surface area contributed by atoms with E-state index in [2.05, 4.69) is 72.9 Å². The first-order valence-corrected chi connectivity index (χ1v) is 10.3. The van der Waals surface area contributed by atoms with Gasteiger partial charge in [-0.2, -0.15) is 5.10 Å². The molecule has 1 N–H and O–H groups in total. The van der Waals surface area contributed by atoms with Crippen LogP contribution in [0.3, 0.4) is 0 Å². The molecule has 150 valence electrons. The lowest BCUT2D eigenvalue weighted by molar-refractivity contribution is -0.122. The second kappa shape index (κ2) is 8.50. The van der Waals surface area contributed by atoms with Crippen molar-refractivity contribution in [2.75, 3.05) is 0 Å². The molecule has 0 saturated heterocycles. The smallest absolute Gasteiger partial charge is 0.244 e. The second-order valence-electron chi connectivity index (χ2n) is 7.99. The van der Waals surface area contributed by atoms with Crippen molar-refractivity contribution in [1.29, 1.82) is 0 Å². The van der Waals surface area contributed by atoms with E-state index in [4.69, 9.17) is 0 Å². The van der Waals surface area contributed by atoms with Crippen molar-refractivity contribution in [3.8, 4) is 0 Å². The first-order chi connectivity index (χ1) is 14.6. The number of nitrogens with one attached hydrogen (secondary N) is 1. The van der Waals surface area contributed by atoms with Crippen molar-refractivity contribution >= 4 is 18.2 Å². The van der Waals surface area contributed by atoms with Crippen LogP contribution in [-0.2, 0) is 10.2 Å². The Labute approximate surface area is 178 Å². The summed E-state index contributed by atoms with van der Waals surface area (Å²) in [6, 6.07) is 27.0. The topological polar surface area (TPSA) is 41.5 Å². The average molecular weight is 395 g/mol. The number of carbonyl (C=O) groups excluding carboxylic acids is 1. The van der Waals surface area contributed by atoms with E-state index in [9.17, 15) is 4.79 Å². The molecule has 3 nitrogen and oxygen atoms in total. The largest absolute Gasteiger partial charge is 0.273 e. The maximum Gasteiger partial charge on any atom is 0.244 e. The van der Waals surface area contributed by atoms with Gasteiger partial charge in [0.25, 0.3) is 0 Å². The lowest BCUT2D eigenvalue weighted by Gasteiger charge is -2.19. The number of nitrogens with zero attached hydrogens (tertiary/aromatic N) is 1. The van der Waals surface area contributed by atoms with Crippen LogP contribution in [0.2, 0.25) is 0 Å². The normalized spacial score (nSPS) is 17.3. The molecule has 1 unspecified atom stereocenters. The molecule has 3 aromatic rings. The zero-order chi connectivity index (χ0) is 21.0. The minimum Gasteiger partial charge on any atom is -0.273 e. The number of amides is 1. The molecule has 0 aromatic heterocycles. The van der Waals surface area contributed by atoms with Gasteiger partial charge in [-0.25, -0.2) is 5.43 Å². The third kappa shape index (κ3) is 4.11. The van der Waals surface area contributed by atoms with Gasteiger partial charge >= 0.3 is 0 Å². The molecule has 0 bridgehead atoms. The molecule has 3 heteroatoms. The Morgan fingerprint density at radius 3 is 2.17 bits per heavy atom. The van der Waals surface area contributed by atoms with E-state index in [1.165, 1.54) is 22.3 Å². The average Bonchev–Trinajstić information content (AvgIpc) is 3.51. The summed E-state index contributed by atoms with van der Waals surface area (Å²) in [5, 5.41) is 4.12. The summed E-state index contributed by atoms with van der Waals surface area (Å²) in [6.07, 6.45) is 6.20. The van der Waals surface area contributed by atoms with Crippen LogP contribution < -0.4 is 5.43 Å². The molecule has 1 aliphatic rings. The number of hydrazone groups is 1. The molecule has 1 saturated carbocycles. The molecule has 1 aliphatic carbocycles. The predicted octanol–water partition coefficient (Wildman–Crippen LogP) is 5.42. The van der Waals surface area contributed by atoms with E-state index in [0.29, 0.717) is 0 Å². The number of aryl methyl sites for hydroxylation is 2. The summed E-state index contributed by atoms with van der Waals surface area (Å²) in [7, 11) is 0. The molecular weight excluding hydrogens is 368 g/mol. The number of rotatable bonds is 6. The minimum absolute atomic E-state index is 0.0395. The first kappa shape index (κ1) is 19.8. The second-order valence-corrected chi connectivity index (χ2v) is 7.99. The summed E-state index contributed by atoms with van der Waals surface area (Å²) >= 11 is 0. The van der Waals surface area contributed by atoms with Gasteiger partial charge in [0.15, 0.2) is 0 Å². The minimum atomic E-state index is -0.280. The summed E-state index contributed by atoms with van der Waals surface area (Å²) in [5.41, 5.74) is 8.34.